The van der Waals surface area contributed by atoms with Gasteiger partial charge in [-0.3, -0.25) is 4.90 Å². The first-order chi connectivity index (χ1) is 8.70. The van der Waals surface area contributed by atoms with Crippen molar-refractivity contribution in [2.45, 2.75) is 6.92 Å². The molecule has 1 heterocycles. The van der Waals surface area contributed by atoms with E-state index in [1.807, 2.05) is 19.1 Å². The Labute approximate surface area is 107 Å². The van der Waals surface area contributed by atoms with Crippen LogP contribution in [0.25, 0.3) is 0 Å². The highest BCUT2D eigenvalue weighted by molar-refractivity contribution is 6.04. The lowest BCUT2D eigenvalue weighted by atomic mass is 10.1. The Morgan fingerprint density at radius 1 is 1.44 bits per heavy atom. The van der Waals surface area contributed by atoms with Crippen molar-refractivity contribution in [2.24, 2.45) is 10.9 Å². The second kappa shape index (κ2) is 5.84. The molecule has 0 saturated carbocycles. The van der Waals surface area contributed by atoms with Gasteiger partial charge in [0.2, 0.25) is 0 Å². The van der Waals surface area contributed by atoms with Gasteiger partial charge >= 0.3 is 0 Å². The van der Waals surface area contributed by atoms with Crippen LogP contribution >= 0.6 is 0 Å². The third-order valence-electron chi connectivity index (χ3n) is 3.10. The standard InChI is InChI=1S/C13H19N3O2/c1-10-2-3-13(17)11(8-10)12(15-14)9-16-4-6-18-7-5-16/h2-3,8,17H,4-7,9,14H2,1H3/b15-12+. The number of hydrazone groups is 1. The number of morpholine rings is 1. The van der Waals surface area contributed by atoms with Crippen LogP contribution in [0.1, 0.15) is 11.1 Å². The van der Waals surface area contributed by atoms with Crippen LogP contribution in [0.15, 0.2) is 23.3 Å². The van der Waals surface area contributed by atoms with Gasteiger partial charge in [-0.1, -0.05) is 11.6 Å². The van der Waals surface area contributed by atoms with Crippen LogP contribution in [0.2, 0.25) is 0 Å². The summed E-state index contributed by atoms with van der Waals surface area (Å²) in [6.07, 6.45) is 0. The molecule has 0 atom stereocenters. The average molecular weight is 249 g/mol. The Balaban J connectivity index is 2.15. The minimum atomic E-state index is 0.220. The molecule has 1 saturated heterocycles. The molecule has 1 aromatic rings. The lowest BCUT2D eigenvalue weighted by Crippen LogP contribution is -2.40. The van der Waals surface area contributed by atoms with Crippen LogP contribution in [0.3, 0.4) is 0 Å². The van der Waals surface area contributed by atoms with E-state index in [-0.39, 0.29) is 5.75 Å². The van der Waals surface area contributed by atoms with Crippen molar-refractivity contribution in [3.8, 4) is 5.75 Å². The highest BCUT2D eigenvalue weighted by Crippen LogP contribution is 2.19. The van der Waals surface area contributed by atoms with E-state index in [1.54, 1.807) is 6.07 Å². The number of phenolic OH excluding ortho intramolecular Hbond substituents is 1. The highest BCUT2D eigenvalue weighted by Gasteiger charge is 2.16. The largest absolute Gasteiger partial charge is 0.507 e. The first-order valence-electron chi connectivity index (χ1n) is 6.07. The molecule has 1 aliphatic heterocycles. The summed E-state index contributed by atoms with van der Waals surface area (Å²) in [5, 5.41) is 13.7. The van der Waals surface area contributed by atoms with Crippen molar-refractivity contribution >= 4 is 5.71 Å². The van der Waals surface area contributed by atoms with Crippen molar-refractivity contribution in [2.75, 3.05) is 32.8 Å². The van der Waals surface area contributed by atoms with Gasteiger partial charge in [0.1, 0.15) is 5.75 Å². The minimum Gasteiger partial charge on any atom is -0.507 e. The van der Waals surface area contributed by atoms with Crippen molar-refractivity contribution in [3.05, 3.63) is 29.3 Å². The topological polar surface area (TPSA) is 71.1 Å². The van der Waals surface area contributed by atoms with Crippen LogP contribution in [-0.2, 0) is 4.74 Å². The number of ether oxygens (including phenoxy) is 1. The molecule has 0 bridgehead atoms. The second-order valence-electron chi connectivity index (χ2n) is 4.48. The summed E-state index contributed by atoms with van der Waals surface area (Å²) in [4.78, 5) is 2.22. The van der Waals surface area contributed by atoms with E-state index in [9.17, 15) is 5.11 Å². The maximum atomic E-state index is 9.89. The number of phenols is 1. The number of hydrogen-bond acceptors (Lipinski definition) is 5. The van der Waals surface area contributed by atoms with Crippen LogP contribution in [0.4, 0.5) is 0 Å². The predicted molar refractivity (Wildman–Crippen MR) is 70.8 cm³/mol. The molecule has 0 spiro atoms. The first kappa shape index (κ1) is 12.9. The molecule has 0 aromatic heterocycles. The zero-order valence-electron chi connectivity index (χ0n) is 10.6. The zero-order chi connectivity index (χ0) is 13.0. The van der Waals surface area contributed by atoms with E-state index >= 15 is 0 Å². The van der Waals surface area contributed by atoms with Crippen LogP contribution < -0.4 is 5.84 Å². The summed E-state index contributed by atoms with van der Waals surface area (Å²) >= 11 is 0. The van der Waals surface area contributed by atoms with E-state index in [4.69, 9.17) is 10.6 Å². The summed E-state index contributed by atoms with van der Waals surface area (Å²) in [6.45, 7) is 5.81. The van der Waals surface area contributed by atoms with Crippen LogP contribution in [0.5, 0.6) is 5.75 Å². The fourth-order valence-electron chi connectivity index (χ4n) is 2.05. The molecule has 5 heteroatoms. The summed E-state index contributed by atoms with van der Waals surface area (Å²) in [5.41, 5.74) is 2.49. The molecule has 18 heavy (non-hydrogen) atoms. The molecular weight excluding hydrogens is 230 g/mol. The Morgan fingerprint density at radius 3 is 2.83 bits per heavy atom. The summed E-state index contributed by atoms with van der Waals surface area (Å²) in [5.74, 6) is 5.68. The van der Waals surface area contributed by atoms with Crippen molar-refractivity contribution in [3.63, 3.8) is 0 Å². The van der Waals surface area contributed by atoms with Crippen molar-refractivity contribution < 1.29 is 9.84 Å². The number of benzene rings is 1. The molecule has 1 aromatic carbocycles. The van der Waals surface area contributed by atoms with E-state index < -0.39 is 0 Å². The molecule has 2 rings (SSSR count). The molecular formula is C13H19N3O2. The quantitative estimate of drug-likeness (QED) is 0.470. The Bertz CT molecular complexity index is 440. The second-order valence-corrected chi connectivity index (χ2v) is 4.48. The Hall–Kier alpha value is -1.59. The lowest BCUT2D eigenvalue weighted by molar-refractivity contribution is 0.0453. The molecule has 98 valence electrons. The van der Waals surface area contributed by atoms with E-state index in [2.05, 4.69) is 10.0 Å². The van der Waals surface area contributed by atoms with Gasteiger partial charge in [-0.05, 0) is 19.1 Å². The fourth-order valence-corrected chi connectivity index (χ4v) is 2.05. The van der Waals surface area contributed by atoms with Crippen molar-refractivity contribution in [1.82, 2.24) is 4.90 Å². The smallest absolute Gasteiger partial charge is 0.124 e. The third-order valence-corrected chi connectivity index (χ3v) is 3.10. The van der Waals surface area contributed by atoms with Crippen LogP contribution in [0, 0.1) is 6.92 Å². The average Bonchev–Trinajstić information content (AvgIpc) is 2.40. The summed E-state index contributed by atoms with van der Waals surface area (Å²) in [6, 6.07) is 5.44. The maximum Gasteiger partial charge on any atom is 0.124 e. The molecule has 0 unspecified atom stereocenters. The Kier molecular flexibility index (Phi) is 4.17. The molecule has 1 aliphatic rings. The number of aryl methyl sites for hydroxylation is 1. The highest BCUT2D eigenvalue weighted by atomic mass is 16.5. The third kappa shape index (κ3) is 3.00. The summed E-state index contributed by atoms with van der Waals surface area (Å²) in [7, 11) is 0. The lowest BCUT2D eigenvalue weighted by Gasteiger charge is -2.27. The Morgan fingerprint density at radius 2 is 2.17 bits per heavy atom. The molecule has 5 nitrogen and oxygen atoms in total. The van der Waals surface area contributed by atoms with E-state index in [0.29, 0.717) is 17.8 Å². The normalized spacial score (nSPS) is 17.9. The van der Waals surface area contributed by atoms with Gasteiger partial charge in [0.15, 0.2) is 0 Å². The first-order valence-corrected chi connectivity index (χ1v) is 6.07. The van der Waals surface area contributed by atoms with Gasteiger partial charge in [-0.25, -0.2) is 0 Å². The fraction of sp³-hybridized carbons (Fsp3) is 0.462. The van der Waals surface area contributed by atoms with Gasteiger partial charge in [-0.2, -0.15) is 5.10 Å². The van der Waals surface area contributed by atoms with E-state index in [0.717, 1.165) is 31.9 Å². The molecule has 0 amide bonds. The molecule has 3 N–H and O–H groups in total. The van der Waals surface area contributed by atoms with Crippen molar-refractivity contribution in [1.29, 1.82) is 0 Å². The van der Waals surface area contributed by atoms with Gasteiger partial charge in [0.05, 0.1) is 18.9 Å². The van der Waals surface area contributed by atoms with Gasteiger partial charge in [0.25, 0.3) is 0 Å². The minimum absolute atomic E-state index is 0.220. The van der Waals surface area contributed by atoms with Gasteiger partial charge in [0, 0.05) is 25.2 Å². The maximum absolute atomic E-state index is 9.89. The predicted octanol–water partition coefficient (Wildman–Crippen LogP) is 0.696. The number of hydrogen-bond donors (Lipinski definition) is 2. The monoisotopic (exact) mass is 249 g/mol. The van der Waals surface area contributed by atoms with E-state index in [1.165, 1.54) is 0 Å². The van der Waals surface area contributed by atoms with Crippen LogP contribution in [-0.4, -0.2) is 48.6 Å². The number of nitrogens with two attached hydrogens (primary N) is 1. The zero-order valence-corrected chi connectivity index (χ0v) is 10.6. The molecule has 0 radical (unpaired) electrons. The van der Waals surface area contributed by atoms with Gasteiger partial charge < -0.3 is 15.7 Å². The number of aromatic hydroxyl groups is 1. The number of nitrogens with zero attached hydrogens (tertiary/aromatic N) is 2. The molecule has 0 aliphatic carbocycles. The van der Waals surface area contributed by atoms with Gasteiger partial charge in [-0.15, -0.1) is 0 Å². The SMILES string of the molecule is Cc1ccc(O)c(/C(CN2CCOCC2)=N/N)c1. The molecule has 1 fully saturated rings. The number of rotatable bonds is 3. The summed E-state index contributed by atoms with van der Waals surface area (Å²) < 4.78 is 5.30.